The second kappa shape index (κ2) is 5.05. The number of aromatic amines is 1. The van der Waals surface area contributed by atoms with Crippen LogP contribution in [0.15, 0.2) is 30.5 Å². The second-order valence-electron chi connectivity index (χ2n) is 5.09. The van der Waals surface area contributed by atoms with Gasteiger partial charge in [-0.05, 0) is 30.7 Å². The summed E-state index contributed by atoms with van der Waals surface area (Å²) in [4.78, 5) is 17.8. The van der Waals surface area contributed by atoms with Crippen molar-refractivity contribution in [2.24, 2.45) is 0 Å². The fraction of sp³-hybridized carbons (Fsp3) is 0.400. The monoisotopic (exact) mass is 257 g/mol. The summed E-state index contributed by atoms with van der Waals surface area (Å²) in [6.45, 7) is 4.77. The zero-order chi connectivity index (χ0) is 13.2. The van der Waals surface area contributed by atoms with Crippen LogP contribution in [0.5, 0.6) is 0 Å². The Hall–Kier alpha value is -1.81. The van der Waals surface area contributed by atoms with Crippen LogP contribution in [-0.2, 0) is 0 Å². The molecule has 1 saturated heterocycles. The number of hydrogen-bond donors (Lipinski definition) is 2. The highest BCUT2D eigenvalue weighted by Gasteiger charge is 2.28. The lowest BCUT2D eigenvalue weighted by atomic mass is 10.1. The molecule has 19 heavy (non-hydrogen) atoms. The maximum atomic E-state index is 12.6. The van der Waals surface area contributed by atoms with Gasteiger partial charge in [-0.15, -0.1) is 0 Å². The van der Waals surface area contributed by atoms with Crippen LogP contribution in [0.1, 0.15) is 23.7 Å². The minimum Gasteiger partial charge on any atom is -0.361 e. The number of nitrogens with one attached hydrogen (secondary N) is 2. The molecule has 2 heterocycles. The Bertz CT molecular complexity index is 586. The predicted octanol–water partition coefficient (Wildman–Crippen LogP) is 1.99. The zero-order valence-electron chi connectivity index (χ0n) is 11.1. The first-order valence-corrected chi connectivity index (χ1v) is 6.88. The van der Waals surface area contributed by atoms with Gasteiger partial charge in [0.2, 0.25) is 0 Å². The van der Waals surface area contributed by atoms with Crippen LogP contribution in [0, 0.1) is 0 Å². The topological polar surface area (TPSA) is 48.1 Å². The molecule has 0 unspecified atom stereocenters. The standard InChI is InChI=1S/C15H19N3O/c1-2-7-18(13-9-16-10-13)15(19)12-3-4-14-11(8-12)5-6-17-14/h3-6,8,13,16-17H,2,7,9-10H2,1H3. The van der Waals surface area contributed by atoms with E-state index < -0.39 is 0 Å². The van der Waals surface area contributed by atoms with E-state index >= 15 is 0 Å². The molecule has 1 aromatic carbocycles. The fourth-order valence-electron chi connectivity index (χ4n) is 2.54. The molecule has 0 aliphatic carbocycles. The summed E-state index contributed by atoms with van der Waals surface area (Å²) < 4.78 is 0. The number of hydrogen-bond acceptors (Lipinski definition) is 2. The number of benzene rings is 1. The minimum absolute atomic E-state index is 0.149. The summed E-state index contributed by atoms with van der Waals surface area (Å²) in [6.07, 6.45) is 2.90. The summed E-state index contributed by atoms with van der Waals surface area (Å²) in [6, 6.07) is 8.22. The van der Waals surface area contributed by atoms with Gasteiger partial charge in [0.05, 0.1) is 6.04 Å². The van der Waals surface area contributed by atoms with E-state index in [4.69, 9.17) is 0 Å². The average molecular weight is 257 g/mol. The number of carbonyl (C=O) groups excluding carboxylic acids is 1. The second-order valence-corrected chi connectivity index (χ2v) is 5.09. The van der Waals surface area contributed by atoms with Gasteiger partial charge in [0.25, 0.3) is 5.91 Å². The van der Waals surface area contributed by atoms with Gasteiger partial charge in [0, 0.05) is 42.3 Å². The first-order chi connectivity index (χ1) is 9.29. The molecule has 1 aliphatic rings. The summed E-state index contributed by atoms with van der Waals surface area (Å²) >= 11 is 0. The van der Waals surface area contributed by atoms with E-state index in [0.717, 1.165) is 42.5 Å². The summed E-state index contributed by atoms with van der Waals surface area (Å²) in [5, 5.41) is 4.32. The maximum absolute atomic E-state index is 12.6. The summed E-state index contributed by atoms with van der Waals surface area (Å²) in [5.74, 6) is 0.149. The molecule has 2 aromatic rings. The van der Waals surface area contributed by atoms with E-state index in [1.807, 2.05) is 35.4 Å². The Balaban J connectivity index is 1.87. The number of rotatable bonds is 4. The average Bonchev–Trinajstić information content (AvgIpc) is 2.82. The molecule has 1 fully saturated rings. The van der Waals surface area contributed by atoms with Crippen molar-refractivity contribution in [3.63, 3.8) is 0 Å². The largest absolute Gasteiger partial charge is 0.361 e. The number of aromatic nitrogens is 1. The highest BCUT2D eigenvalue weighted by Crippen LogP contribution is 2.18. The molecule has 0 radical (unpaired) electrons. The van der Waals surface area contributed by atoms with Gasteiger partial charge >= 0.3 is 0 Å². The van der Waals surface area contributed by atoms with Crippen molar-refractivity contribution < 1.29 is 4.79 Å². The molecule has 2 N–H and O–H groups in total. The van der Waals surface area contributed by atoms with E-state index in [1.165, 1.54) is 0 Å². The van der Waals surface area contributed by atoms with Gasteiger partial charge in [-0.1, -0.05) is 6.92 Å². The Labute approximate surface area is 112 Å². The molecule has 4 nitrogen and oxygen atoms in total. The van der Waals surface area contributed by atoms with Gasteiger partial charge in [0.15, 0.2) is 0 Å². The zero-order valence-corrected chi connectivity index (χ0v) is 11.1. The van der Waals surface area contributed by atoms with Crippen molar-refractivity contribution in [2.45, 2.75) is 19.4 Å². The molecule has 0 bridgehead atoms. The van der Waals surface area contributed by atoms with E-state index in [0.29, 0.717) is 6.04 Å². The van der Waals surface area contributed by atoms with Crippen LogP contribution in [0.4, 0.5) is 0 Å². The lowest BCUT2D eigenvalue weighted by Crippen LogP contribution is -2.59. The first kappa shape index (κ1) is 12.2. The highest BCUT2D eigenvalue weighted by atomic mass is 16.2. The number of nitrogens with zero attached hydrogens (tertiary/aromatic N) is 1. The van der Waals surface area contributed by atoms with Crippen LogP contribution in [0.3, 0.4) is 0 Å². The van der Waals surface area contributed by atoms with E-state index in [1.54, 1.807) is 0 Å². The lowest BCUT2D eigenvalue weighted by Gasteiger charge is -2.38. The third-order valence-electron chi connectivity index (χ3n) is 3.73. The van der Waals surface area contributed by atoms with Gasteiger partial charge in [-0.25, -0.2) is 0 Å². The number of amides is 1. The van der Waals surface area contributed by atoms with Crippen LogP contribution in [-0.4, -0.2) is 41.5 Å². The number of carbonyl (C=O) groups is 1. The van der Waals surface area contributed by atoms with Gasteiger partial charge in [-0.2, -0.15) is 0 Å². The molecule has 4 heteroatoms. The molecule has 0 saturated carbocycles. The van der Waals surface area contributed by atoms with E-state index in [2.05, 4.69) is 17.2 Å². The normalized spacial score (nSPS) is 15.4. The van der Waals surface area contributed by atoms with Gasteiger partial charge in [-0.3, -0.25) is 4.79 Å². The van der Waals surface area contributed by atoms with Gasteiger partial charge in [0.1, 0.15) is 0 Å². The predicted molar refractivity (Wildman–Crippen MR) is 76.3 cm³/mol. The Kier molecular flexibility index (Phi) is 3.25. The van der Waals surface area contributed by atoms with Crippen molar-refractivity contribution in [2.75, 3.05) is 19.6 Å². The molecular weight excluding hydrogens is 238 g/mol. The van der Waals surface area contributed by atoms with Crippen LogP contribution >= 0.6 is 0 Å². The van der Waals surface area contributed by atoms with Crippen molar-refractivity contribution in [3.8, 4) is 0 Å². The third kappa shape index (κ3) is 2.24. The quantitative estimate of drug-likeness (QED) is 0.880. The fourth-order valence-corrected chi connectivity index (χ4v) is 2.54. The SMILES string of the molecule is CCCN(C(=O)c1ccc2[nH]ccc2c1)C1CNC1. The Morgan fingerprint density at radius 1 is 1.37 bits per heavy atom. The van der Waals surface area contributed by atoms with Crippen molar-refractivity contribution >= 4 is 16.8 Å². The van der Waals surface area contributed by atoms with Gasteiger partial charge < -0.3 is 15.2 Å². The van der Waals surface area contributed by atoms with Crippen LogP contribution in [0.25, 0.3) is 10.9 Å². The summed E-state index contributed by atoms with van der Waals surface area (Å²) in [7, 11) is 0. The van der Waals surface area contributed by atoms with Crippen molar-refractivity contribution in [1.82, 2.24) is 15.2 Å². The third-order valence-corrected chi connectivity index (χ3v) is 3.73. The maximum Gasteiger partial charge on any atom is 0.254 e. The van der Waals surface area contributed by atoms with Crippen molar-refractivity contribution in [3.05, 3.63) is 36.0 Å². The molecule has 0 atom stereocenters. The molecule has 100 valence electrons. The van der Waals surface area contributed by atoms with Crippen molar-refractivity contribution in [1.29, 1.82) is 0 Å². The Morgan fingerprint density at radius 2 is 2.21 bits per heavy atom. The highest BCUT2D eigenvalue weighted by molar-refractivity contribution is 5.98. The summed E-state index contributed by atoms with van der Waals surface area (Å²) in [5.41, 5.74) is 1.86. The molecule has 1 aliphatic heterocycles. The molecular formula is C15H19N3O. The first-order valence-electron chi connectivity index (χ1n) is 6.88. The van der Waals surface area contributed by atoms with E-state index in [-0.39, 0.29) is 5.91 Å². The number of fused-ring (bicyclic) bond motifs is 1. The molecule has 0 spiro atoms. The van der Waals surface area contributed by atoms with Crippen LogP contribution in [0.2, 0.25) is 0 Å². The minimum atomic E-state index is 0.149. The smallest absolute Gasteiger partial charge is 0.254 e. The molecule has 1 aromatic heterocycles. The molecule has 1 amide bonds. The Morgan fingerprint density at radius 3 is 2.89 bits per heavy atom. The van der Waals surface area contributed by atoms with Crippen LogP contribution < -0.4 is 5.32 Å². The van der Waals surface area contributed by atoms with E-state index in [9.17, 15) is 4.79 Å². The number of H-pyrrole nitrogens is 1. The molecule has 3 rings (SSSR count). The lowest BCUT2D eigenvalue weighted by molar-refractivity contribution is 0.0616.